The predicted molar refractivity (Wildman–Crippen MR) is 58.8 cm³/mol. The maximum atomic E-state index is 9.82. The number of aliphatic hydroxyl groups excluding tert-OH is 1. The maximum absolute atomic E-state index is 9.82. The molecule has 0 saturated heterocycles. The normalized spacial score (nSPS) is 29.9. The van der Waals surface area contributed by atoms with Gasteiger partial charge in [0.05, 0.1) is 6.10 Å². The monoisotopic (exact) mass is 207 g/mol. The first-order valence-electron chi connectivity index (χ1n) is 5.26. The Hall–Kier alpha value is -1.06. The minimum Gasteiger partial charge on any atom is -0.508 e. The first-order valence-corrected chi connectivity index (χ1v) is 5.26. The average molecular weight is 207 g/mol. The van der Waals surface area contributed by atoms with Gasteiger partial charge < -0.3 is 15.9 Å². The first kappa shape index (κ1) is 10.5. The van der Waals surface area contributed by atoms with Crippen molar-refractivity contribution in [3.8, 4) is 5.75 Å². The topological polar surface area (TPSA) is 66.5 Å². The Kier molecular flexibility index (Phi) is 2.44. The molecule has 0 aliphatic heterocycles. The number of rotatable bonds is 2. The van der Waals surface area contributed by atoms with E-state index >= 15 is 0 Å². The van der Waals surface area contributed by atoms with Gasteiger partial charge in [-0.3, -0.25) is 0 Å². The molecule has 3 heteroatoms. The van der Waals surface area contributed by atoms with Gasteiger partial charge in [-0.25, -0.2) is 0 Å². The lowest BCUT2D eigenvalue weighted by Crippen LogP contribution is -2.49. The maximum Gasteiger partial charge on any atom is 0.119 e. The van der Waals surface area contributed by atoms with Crippen LogP contribution in [0.3, 0.4) is 0 Å². The lowest BCUT2D eigenvalue weighted by molar-refractivity contribution is 0.0211. The summed E-state index contributed by atoms with van der Waals surface area (Å²) in [6, 6.07) is 5.54. The molecular weight excluding hydrogens is 190 g/mol. The van der Waals surface area contributed by atoms with Gasteiger partial charge in [-0.2, -0.15) is 0 Å². The van der Waals surface area contributed by atoms with Crippen LogP contribution in [0.2, 0.25) is 0 Å². The molecule has 1 aliphatic carbocycles. The van der Waals surface area contributed by atoms with Crippen molar-refractivity contribution < 1.29 is 10.2 Å². The molecule has 0 unspecified atom stereocenters. The second kappa shape index (κ2) is 3.51. The van der Waals surface area contributed by atoms with Crippen molar-refractivity contribution in [1.29, 1.82) is 0 Å². The summed E-state index contributed by atoms with van der Waals surface area (Å²) in [5.74, 6) is 0.290. The van der Waals surface area contributed by atoms with Gasteiger partial charge in [0.15, 0.2) is 0 Å². The average Bonchev–Trinajstić information content (AvgIpc) is 2.17. The summed E-state index contributed by atoms with van der Waals surface area (Å²) < 4.78 is 0. The van der Waals surface area contributed by atoms with E-state index in [2.05, 4.69) is 0 Å². The molecule has 0 aromatic heterocycles. The van der Waals surface area contributed by atoms with Gasteiger partial charge in [0, 0.05) is 17.5 Å². The highest BCUT2D eigenvalue weighted by molar-refractivity contribution is 5.43. The predicted octanol–water partition coefficient (Wildman–Crippen LogP) is 1.05. The fraction of sp³-hybridized carbons (Fsp3) is 0.500. The SMILES string of the molecule is Cc1ccc(O)c(C2(CN)CC(O)C2)c1. The van der Waals surface area contributed by atoms with Crippen LogP contribution >= 0.6 is 0 Å². The highest BCUT2D eigenvalue weighted by Crippen LogP contribution is 2.46. The number of nitrogens with two attached hydrogens (primary N) is 1. The van der Waals surface area contributed by atoms with Gasteiger partial charge in [0.1, 0.15) is 5.75 Å². The highest BCUT2D eigenvalue weighted by Gasteiger charge is 2.45. The zero-order valence-electron chi connectivity index (χ0n) is 8.90. The molecule has 0 spiro atoms. The largest absolute Gasteiger partial charge is 0.508 e. The fourth-order valence-electron chi connectivity index (χ4n) is 2.41. The third kappa shape index (κ3) is 1.62. The fourth-order valence-corrected chi connectivity index (χ4v) is 2.41. The second-order valence-corrected chi connectivity index (χ2v) is 4.57. The van der Waals surface area contributed by atoms with Crippen LogP contribution in [0.4, 0.5) is 0 Å². The molecule has 82 valence electrons. The molecule has 1 saturated carbocycles. The molecule has 1 aromatic rings. The lowest BCUT2D eigenvalue weighted by Gasteiger charge is -2.45. The van der Waals surface area contributed by atoms with Crippen LogP contribution in [0.25, 0.3) is 0 Å². The molecular formula is C12H17NO2. The third-order valence-electron chi connectivity index (χ3n) is 3.37. The summed E-state index contributed by atoms with van der Waals surface area (Å²) in [4.78, 5) is 0. The molecule has 0 amide bonds. The van der Waals surface area contributed by atoms with Crippen molar-refractivity contribution in [2.45, 2.75) is 31.3 Å². The van der Waals surface area contributed by atoms with Gasteiger partial charge in [-0.1, -0.05) is 17.7 Å². The van der Waals surface area contributed by atoms with Crippen LogP contribution in [0.5, 0.6) is 5.75 Å². The Bertz CT molecular complexity index is 370. The van der Waals surface area contributed by atoms with E-state index in [1.165, 1.54) is 0 Å². The molecule has 3 nitrogen and oxygen atoms in total. The van der Waals surface area contributed by atoms with Crippen LogP contribution in [0, 0.1) is 6.92 Å². The summed E-state index contributed by atoms with van der Waals surface area (Å²) >= 11 is 0. The number of phenolic OH excluding ortho intramolecular Hbond substituents is 1. The molecule has 4 N–H and O–H groups in total. The van der Waals surface area contributed by atoms with Crippen molar-refractivity contribution in [3.05, 3.63) is 29.3 Å². The summed E-state index contributed by atoms with van der Waals surface area (Å²) in [6.45, 7) is 2.46. The Labute approximate surface area is 89.5 Å². The van der Waals surface area contributed by atoms with Gasteiger partial charge in [-0.15, -0.1) is 0 Å². The van der Waals surface area contributed by atoms with Gasteiger partial charge in [0.2, 0.25) is 0 Å². The van der Waals surface area contributed by atoms with Crippen LogP contribution in [-0.2, 0) is 5.41 Å². The van der Waals surface area contributed by atoms with Crippen LogP contribution in [-0.4, -0.2) is 22.9 Å². The van der Waals surface area contributed by atoms with E-state index in [1.54, 1.807) is 6.07 Å². The molecule has 0 bridgehead atoms. The number of hydrogen-bond donors (Lipinski definition) is 3. The van der Waals surface area contributed by atoms with Crippen LogP contribution in [0.15, 0.2) is 18.2 Å². The van der Waals surface area contributed by atoms with E-state index in [9.17, 15) is 10.2 Å². The minimum atomic E-state index is -0.270. The quantitative estimate of drug-likeness (QED) is 0.679. The number of benzene rings is 1. The third-order valence-corrected chi connectivity index (χ3v) is 3.37. The summed E-state index contributed by atoms with van der Waals surface area (Å²) in [5, 5.41) is 19.2. The Balaban J connectivity index is 2.39. The Morgan fingerprint density at radius 3 is 2.67 bits per heavy atom. The van der Waals surface area contributed by atoms with Crippen molar-refractivity contribution in [1.82, 2.24) is 0 Å². The van der Waals surface area contributed by atoms with Crippen LogP contribution < -0.4 is 5.73 Å². The smallest absolute Gasteiger partial charge is 0.119 e. The Morgan fingerprint density at radius 1 is 1.47 bits per heavy atom. The van der Waals surface area contributed by atoms with E-state index in [4.69, 9.17) is 5.73 Å². The number of hydrogen-bond acceptors (Lipinski definition) is 3. The number of aliphatic hydroxyl groups is 1. The van der Waals surface area contributed by atoms with E-state index in [0.29, 0.717) is 19.4 Å². The molecule has 0 heterocycles. The molecule has 1 aliphatic rings. The zero-order chi connectivity index (χ0) is 11.1. The number of aromatic hydroxyl groups is 1. The highest BCUT2D eigenvalue weighted by atomic mass is 16.3. The summed E-state index contributed by atoms with van der Waals surface area (Å²) in [7, 11) is 0. The summed E-state index contributed by atoms with van der Waals surface area (Å²) in [5.41, 5.74) is 7.54. The van der Waals surface area contributed by atoms with Gasteiger partial charge in [-0.05, 0) is 25.8 Å². The standard InChI is InChI=1S/C12H17NO2/c1-8-2-3-11(15)10(4-8)12(7-13)5-9(14)6-12/h2-4,9,14-15H,5-7,13H2,1H3. The molecule has 0 atom stereocenters. The minimum absolute atomic E-state index is 0.213. The van der Waals surface area contributed by atoms with Gasteiger partial charge in [0.25, 0.3) is 0 Å². The van der Waals surface area contributed by atoms with Crippen molar-refractivity contribution in [2.24, 2.45) is 5.73 Å². The number of phenols is 1. The van der Waals surface area contributed by atoms with E-state index in [1.807, 2.05) is 19.1 Å². The molecule has 2 rings (SSSR count). The second-order valence-electron chi connectivity index (χ2n) is 4.57. The molecule has 0 radical (unpaired) electrons. The summed E-state index contributed by atoms with van der Waals surface area (Å²) in [6.07, 6.45) is 1.04. The molecule has 15 heavy (non-hydrogen) atoms. The van der Waals surface area contributed by atoms with Gasteiger partial charge >= 0.3 is 0 Å². The molecule has 1 aromatic carbocycles. The van der Waals surface area contributed by atoms with Crippen molar-refractivity contribution >= 4 is 0 Å². The van der Waals surface area contributed by atoms with Crippen molar-refractivity contribution in [3.63, 3.8) is 0 Å². The van der Waals surface area contributed by atoms with E-state index in [0.717, 1.165) is 11.1 Å². The zero-order valence-corrected chi connectivity index (χ0v) is 8.90. The van der Waals surface area contributed by atoms with Crippen LogP contribution in [0.1, 0.15) is 24.0 Å². The lowest BCUT2D eigenvalue weighted by atomic mass is 9.62. The Morgan fingerprint density at radius 2 is 2.13 bits per heavy atom. The van der Waals surface area contributed by atoms with Crippen molar-refractivity contribution in [2.75, 3.05) is 6.54 Å². The van der Waals surface area contributed by atoms with E-state index < -0.39 is 0 Å². The number of aryl methyl sites for hydroxylation is 1. The van der Waals surface area contributed by atoms with E-state index in [-0.39, 0.29) is 17.3 Å². The first-order chi connectivity index (χ1) is 7.07. The molecule has 1 fully saturated rings.